The Bertz CT molecular complexity index is 831. The highest BCUT2D eigenvalue weighted by atomic mass is 16.5. The van der Waals surface area contributed by atoms with Crippen LogP contribution in [0.1, 0.15) is 34.0 Å². The predicted octanol–water partition coefficient (Wildman–Crippen LogP) is 1.38. The maximum Gasteiger partial charge on any atom is 0.268 e. The molecule has 0 saturated heterocycles. The van der Waals surface area contributed by atoms with Gasteiger partial charge in [-0.3, -0.25) is 14.8 Å². The highest BCUT2D eigenvalue weighted by molar-refractivity contribution is 5.97. The van der Waals surface area contributed by atoms with Crippen molar-refractivity contribution in [1.82, 2.24) is 10.8 Å². The van der Waals surface area contributed by atoms with E-state index in [-0.39, 0.29) is 0 Å². The summed E-state index contributed by atoms with van der Waals surface area (Å²) in [5, 5.41) is 20.6. The van der Waals surface area contributed by atoms with Crippen LogP contribution >= 0.6 is 0 Å². The van der Waals surface area contributed by atoms with Gasteiger partial charge < -0.3 is 10.4 Å². The van der Waals surface area contributed by atoms with E-state index in [9.17, 15) is 14.7 Å². The summed E-state index contributed by atoms with van der Waals surface area (Å²) < 4.78 is 0. The maximum atomic E-state index is 12.2. The van der Waals surface area contributed by atoms with Crippen LogP contribution in [0.2, 0.25) is 0 Å². The molecule has 4 N–H and O–H groups in total. The Morgan fingerprint density at radius 1 is 0.962 bits per heavy atom. The number of rotatable bonds is 4. The van der Waals surface area contributed by atoms with Gasteiger partial charge in [0.15, 0.2) is 0 Å². The molecule has 2 aromatic carbocycles. The van der Waals surface area contributed by atoms with Crippen LogP contribution < -0.4 is 10.8 Å². The van der Waals surface area contributed by atoms with Crippen LogP contribution in [0.25, 0.3) is 0 Å². The van der Waals surface area contributed by atoms with Gasteiger partial charge in [-0.25, -0.2) is 5.48 Å². The first-order valence-corrected chi connectivity index (χ1v) is 8.02. The SMILES string of the molecule is Cc1ccc(C#Cc2ccc(C(=O)NC(C(=O)NO)C(C)O)cc2)cc1. The van der Waals surface area contributed by atoms with Crippen LogP contribution in [0.5, 0.6) is 0 Å². The van der Waals surface area contributed by atoms with E-state index in [4.69, 9.17) is 5.21 Å². The first-order valence-electron chi connectivity index (χ1n) is 8.02. The Hall–Kier alpha value is -3.14. The standard InChI is InChI=1S/C20H20N2O4/c1-13-3-5-15(6-4-13)7-8-16-9-11-17(12-10-16)19(24)21-18(14(2)23)20(25)22-26/h3-6,9-12,14,18,23,26H,1-2H3,(H,21,24)(H,22,25). The Morgan fingerprint density at radius 3 is 1.92 bits per heavy atom. The smallest absolute Gasteiger partial charge is 0.268 e. The second-order valence-electron chi connectivity index (χ2n) is 5.86. The number of hydroxylamine groups is 1. The van der Waals surface area contributed by atoms with Crippen LogP contribution in [-0.4, -0.2) is 34.3 Å². The summed E-state index contributed by atoms with van der Waals surface area (Å²) in [4.78, 5) is 23.6. The molecule has 2 aromatic rings. The number of aliphatic hydroxyl groups excluding tert-OH is 1. The number of hydrogen-bond donors (Lipinski definition) is 4. The van der Waals surface area contributed by atoms with Crippen molar-refractivity contribution in [2.75, 3.05) is 0 Å². The lowest BCUT2D eigenvalue weighted by molar-refractivity contribution is -0.133. The second kappa shape index (κ2) is 8.81. The molecule has 0 bridgehead atoms. The molecule has 0 aliphatic heterocycles. The topological polar surface area (TPSA) is 98.7 Å². The zero-order chi connectivity index (χ0) is 19.1. The summed E-state index contributed by atoms with van der Waals surface area (Å²) in [6, 6.07) is 13.1. The molecule has 0 aliphatic carbocycles. The lowest BCUT2D eigenvalue weighted by atomic mass is 10.1. The maximum absolute atomic E-state index is 12.2. The number of aryl methyl sites for hydroxylation is 1. The van der Waals surface area contributed by atoms with Crippen molar-refractivity contribution < 1.29 is 19.9 Å². The molecule has 0 heterocycles. The number of aliphatic hydroxyl groups is 1. The van der Waals surface area contributed by atoms with E-state index >= 15 is 0 Å². The van der Waals surface area contributed by atoms with Gasteiger partial charge in [-0.15, -0.1) is 0 Å². The third kappa shape index (κ3) is 5.18. The first-order chi connectivity index (χ1) is 12.4. The number of benzene rings is 2. The Kier molecular flexibility index (Phi) is 6.50. The van der Waals surface area contributed by atoms with E-state index in [1.54, 1.807) is 24.3 Å². The molecule has 0 radical (unpaired) electrons. The van der Waals surface area contributed by atoms with Crippen LogP contribution in [0, 0.1) is 18.8 Å². The van der Waals surface area contributed by atoms with Gasteiger partial charge in [0.25, 0.3) is 11.8 Å². The van der Waals surface area contributed by atoms with E-state index in [2.05, 4.69) is 17.2 Å². The number of carbonyl (C=O) groups is 2. The molecular formula is C20H20N2O4. The molecule has 26 heavy (non-hydrogen) atoms. The minimum Gasteiger partial charge on any atom is -0.391 e. The fraction of sp³-hybridized carbons (Fsp3) is 0.200. The lowest BCUT2D eigenvalue weighted by Crippen LogP contribution is -2.51. The summed E-state index contributed by atoms with van der Waals surface area (Å²) in [7, 11) is 0. The average molecular weight is 352 g/mol. The van der Waals surface area contributed by atoms with Gasteiger partial charge in [-0.2, -0.15) is 0 Å². The van der Waals surface area contributed by atoms with Crippen molar-refractivity contribution in [3.63, 3.8) is 0 Å². The molecule has 134 valence electrons. The fourth-order valence-electron chi connectivity index (χ4n) is 2.19. The fourth-order valence-corrected chi connectivity index (χ4v) is 2.19. The molecule has 2 rings (SSSR count). The Labute approximate surface area is 151 Å². The number of amides is 2. The van der Waals surface area contributed by atoms with Gasteiger partial charge in [0.1, 0.15) is 6.04 Å². The van der Waals surface area contributed by atoms with Crippen molar-refractivity contribution in [3.8, 4) is 11.8 Å². The van der Waals surface area contributed by atoms with Gasteiger partial charge in [0.2, 0.25) is 0 Å². The number of carbonyl (C=O) groups excluding carboxylic acids is 2. The minimum absolute atomic E-state index is 0.308. The Morgan fingerprint density at radius 2 is 1.46 bits per heavy atom. The van der Waals surface area contributed by atoms with Crippen LogP contribution in [0.3, 0.4) is 0 Å². The van der Waals surface area contributed by atoms with Gasteiger partial charge in [-0.05, 0) is 50.2 Å². The van der Waals surface area contributed by atoms with E-state index in [1.165, 1.54) is 12.4 Å². The van der Waals surface area contributed by atoms with Crippen LogP contribution in [-0.2, 0) is 4.79 Å². The summed E-state index contributed by atoms with van der Waals surface area (Å²) >= 11 is 0. The summed E-state index contributed by atoms with van der Waals surface area (Å²) in [5.74, 6) is 4.62. The zero-order valence-electron chi connectivity index (χ0n) is 14.5. The van der Waals surface area contributed by atoms with E-state index < -0.39 is 24.0 Å². The van der Waals surface area contributed by atoms with Crippen molar-refractivity contribution in [2.24, 2.45) is 0 Å². The number of nitrogens with one attached hydrogen (secondary N) is 2. The third-order valence-electron chi connectivity index (χ3n) is 3.71. The molecule has 0 aliphatic rings. The van der Waals surface area contributed by atoms with Crippen molar-refractivity contribution in [1.29, 1.82) is 0 Å². The molecule has 0 aromatic heterocycles. The molecule has 2 unspecified atom stereocenters. The van der Waals surface area contributed by atoms with Crippen LogP contribution in [0.15, 0.2) is 48.5 Å². The molecule has 0 spiro atoms. The molecule has 6 nitrogen and oxygen atoms in total. The van der Waals surface area contributed by atoms with Crippen molar-refractivity contribution in [2.45, 2.75) is 26.0 Å². The summed E-state index contributed by atoms with van der Waals surface area (Å²) in [6.45, 7) is 3.34. The monoisotopic (exact) mass is 352 g/mol. The highest BCUT2D eigenvalue weighted by Gasteiger charge is 2.25. The zero-order valence-corrected chi connectivity index (χ0v) is 14.5. The molecule has 0 fully saturated rings. The quantitative estimate of drug-likeness (QED) is 0.380. The highest BCUT2D eigenvalue weighted by Crippen LogP contribution is 2.06. The first kappa shape index (κ1) is 19.2. The largest absolute Gasteiger partial charge is 0.391 e. The van der Waals surface area contributed by atoms with Crippen molar-refractivity contribution >= 4 is 11.8 Å². The van der Waals surface area contributed by atoms with Crippen molar-refractivity contribution in [3.05, 3.63) is 70.8 Å². The number of hydrogen-bond acceptors (Lipinski definition) is 4. The Balaban J connectivity index is 2.08. The average Bonchev–Trinajstić information content (AvgIpc) is 2.65. The van der Waals surface area contributed by atoms with Gasteiger partial charge in [0, 0.05) is 16.7 Å². The summed E-state index contributed by atoms with van der Waals surface area (Å²) in [5.41, 5.74) is 4.52. The van der Waals surface area contributed by atoms with E-state index in [0.29, 0.717) is 5.56 Å². The molecular weight excluding hydrogens is 332 g/mol. The molecule has 0 saturated carbocycles. The summed E-state index contributed by atoms with van der Waals surface area (Å²) in [6.07, 6.45) is -1.16. The molecule has 6 heteroatoms. The van der Waals surface area contributed by atoms with E-state index in [1.807, 2.05) is 31.2 Å². The van der Waals surface area contributed by atoms with Gasteiger partial charge in [-0.1, -0.05) is 29.5 Å². The minimum atomic E-state index is -1.26. The molecule has 2 atom stereocenters. The van der Waals surface area contributed by atoms with Gasteiger partial charge in [0.05, 0.1) is 6.10 Å². The third-order valence-corrected chi connectivity index (χ3v) is 3.71. The lowest BCUT2D eigenvalue weighted by Gasteiger charge is -2.19. The van der Waals surface area contributed by atoms with Gasteiger partial charge >= 0.3 is 0 Å². The normalized spacial score (nSPS) is 12.3. The predicted molar refractivity (Wildman–Crippen MR) is 96.5 cm³/mol. The van der Waals surface area contributed by atoms with E-state index in [0.717, 1.165) is 16.7 Å². The van der Waals surface area contributed by atoms with Crippen LogP contribution in [0.4, 0.5) is 0 Å². The second-order valence-corrected chi connectivity index (χ2v) is 5.86. The molecule has 2 amide bonds.